The molecule has 0 aliphatic carbocycles. The lowest BCUT2D eigenvalue weighted by Gasteiger charge is -2.04. The second-order valence-electron chi connectivity index (χ2n) is 3.45. The largest absolute Gasteiger partial charge is 0.352 e. The van der Waals surface area contributed by atoms with Crippen LogP contribution >= 0.6 is 22.6 Å². The molecule has 0 bridgehead atoms. The highest BCUT2D eigenvalue weighted by Crippen LogP contribution is 2.07. The summed E-state index contributed by atoms with van der Waals surface area (Å²) in [6, 6.07) is 7.47. The van der Waals surface area contributed by atoms with Crippen LogP contribution in [0.25, 0.3) is 0 Å². The SMILES string of the molecule is O=C(NCCc1ncn[nH]1)c1cccc(I)c1. The number of H-pyrrole nitrogens is 1. The predicted octanol–water partition coefficient (Wildman–Crippen LogP) is 1.38. The zero-order chi connectivity index (χ0) is 12.1. The van der Waals surface area contributed by atoms with E-state index in [9.17, 15) is 4.79 Å². The summed E-state index contributed by atoms with van der Waals surface area (Å²) in [6.45, 7) is 0.541. The molecule has 1 aromatic carbocycles. The van der Waals surface area contributed by atoms with Crippen molar-refractivity contribution in [1.82, 2.24) is 20.5 Å². The van der Waals surface area contributed by atoms with Crippen molar-refractivity contribution < 1.29 is 4.79 Å². The van der Waals surface area contributed by atoms with Crippen LogP contribution in [0.15, 0.2) is 30.6 Å². The van der Waals surface area contributed by atoms with Gasteiger partial charge in [0.25, 0.3) is 5.91 Å². The van der Waals surface area contributed by atoms with Gasteiger partial charge in [0.05, 0.1) is 0 Å². The fourth-order valence-corrected chi connectivity index (χ4v) is 1.92. The number of halogens is 1. The zero-order valence-corrected chi connectivity index (χ0v) is 11.1. The van der Waals surface area contributed by atoms with Crippen molar-refractivity contribution in [3.05, 3.63) is 45.6 Å². The van der Waals surface area contributed by atoms with Crippen LogP contribution < -0.4 is 5.32 Å². The Kier molecular flexibility index (Phi) is 4.08. The molecule has 0 radical (unpaired) electrons. The molecular weight excluding hydrogens is 331 g/mol. The molecule has 2 rings (SSSR count). The topological polar surface area (TPSA) is 70.7 Å². The zero-order valence-electron chi connectivity index (χ0n) is 8.98. The Morgan fingerprint density at radius 1 is 1.47 bits per heavy atom. The standard InChI is InChI=1S/C11H11IN4O/c12-9-3-1-2-8(6-9)11(17)13-5-4-10-14-7-15-16-10/h1-3,6-7H,4-5H2,(H,13,17)(H,14,15,16). The van der Waals surface area contributed by atoms with Crippen molar-refractivity contribution in [1.29, 1.82) is 0 Å². The second-order valence-corrected chi connectivity index (χ2v) is 4.69. The second kappa shape index (κ2) is 5.76. The van der Waals surface area contributed by atoms with E-state index in [1.54, 1.807) is 6.07 Å². The summed E-state index contributed by atoms with van der Waals surface area (Å²) in [6.07, 6.45) is 2.10. The van der Waals surface area contributed by atoms with Crippen LogP contribution in [0.4, 0.5) is 0 Å². The van der Waals surface area contributed by atoms with Gasteiger partial charge in [-0.05, 0) is 40.8 Å². The van der Waals surface area contributed by atoms with E-state index in [2.05, 4.69) is 43.1 Å². The van der Waals surface area contributed by atoms with Gasteiger partial charge < -0.3 is 5.32 Å². The molecule has 2 N–H and O–H groups in total. The fraction of sp³-hybridized carbons (Fsp3) is 0.182. The van der Waals surface area contributed by atoms with E-state index in [1.165, 1.54) is 6.33 Å². The van der Waals surface area contributed by atoms with Crippen molar-refractivity contribution >= 4 is 28.5 Å². The number of aromatic amines is 1. The van der Waals surface area contributed by atoms with Gasteiger partial charge in [-0.25, -0.2) is 4.98 Å². The van der Waals surface area contributed by atoms with E-state index in [-0.39, 0.29) is 5.91 Å². The van der Waals surface area contributed by atoms with Crippen molar-refractivity contribution in [2.24, 2.45) is 0 Å². The Labute approximate surface area is 112 Å². The Bertz CT molecular complexity index is 498. The lowest BCUT2D eigenvalue weighted by atomic mass is 10.2. The minimum Gasteiger partial charge on any atom is -0.352 e. The van der Waals surface area contributed by atoms with E-state index in [0.29, 0.717) is 18.5 Å². The van der Waals surface area contributed by atoms with Gasteiger partial charge in [-0.3, -0.25) is 9.89 Å². The third-order valence-electron chi connectivity index (χ3n) is 2.20. The van der Waals surface area contributed by atoms with Gasteiger partial charge in [0.1, 0.15) is 12.2 Å². The molecule has 2 aromatic rings. The third kappa shape index (κ3) is 3.52. The molecule has 0 saturated carbocycles. The molecule has 0 spiro atoms. The first-order valence-corrected chi connectivity index (χ1v) is 6.21. The molecule has 0 aliphatic rings. The van der Waals surface area contributed by atoms with Crippen molar-refractivity contribution in [2.75, 3.05) is 6.54 Å². The first kappa shape index (κ1) is 12.0. The van der Waals surface area contributed by atoms with E-state index in [4.69, 9.17) is 0 Å². The van der Waals surface area contributed by atoms with Gasteiger partial charge in [0.15, 0.2) is 0 Å². The number of amides is 1. The molecule has 1 aromatic heterocycles. The molecule has 1 heterocycles. The number of nitrogens with one attached hydrogen (secondary N) is 2. The van der Waals surface area contributed by atoms with Crippen molar-refractivity contribution in [3.8, 4) is 0 Å². The quantitative estimate of drug-likeness (QED) is 0.825. The molecule has 6 heteroatoms. The number of rotatable bonds is 4. The molecule has 5 nitrogen and oxygen atoms in total. The maximum Gasteiger partial charge on any atom is 0.251 e. The molecular formula is C11H11IN4O. The van der Waals surface area contributed by atoms with Crippen molar-refractivity contribution in [2.45, 2.75) is 6.42 Å². The summed E-state index contributed by atoms with van der Waals surface area (Å²) in [7, 11) is 0. The maximum atomic E-state index is 11.8. The van der Waals surface area contributed by atoms with Crippen LogP contribution in [-0.4, -0.2) is 27.6 Å². The Morgan fingerprint density at radius 2 is 2.35 bits per heavy atom. The van der Waals surface area contributed by atoms with Crippen LogP contribution in [-0.2, 0) is 6.42 Å². The van der Waals surface area contributed by atoms with Gasteiger partial charge in [0, 0.05) is 22.1 Å². The first-order valence-electron chi connectivity index (χ1n) is 5.14. The first-order chi connectivity index (χ1) is 8.25. The summed E-state index contributed by atoms with van der Waals surface area (Å²) >= 11 is 2.18. The minimum atomic E-state index is -0.0666. The van der Waals surface area contributed by atoms with Crippen molar-refractivity contribution in [3.63, 3.8) is 0 Å². The van der Waals surface area contributed by atoms with E-state index >= 15 is 0 Å². The maximum absolute atomic E-state index is 11.8. The number of benzene rings is 1. The molecule has 0 saturated heterocycles. The van der Waals surface area contributed by atoms with Crippen LogP contribution in [0.5, 0.6) is 0 Å². The smallest absolute Gasteiger partial charge is 0.251 e. The number of hydrogen-bond acceptors (Lipinski definition) is 3. The van der Waals surface area contributed by atoms with Gasteiger partial charge in [0.2, 0.25) is 0 Å². The average Bonchev–Trinajstić information content (AvgIpc) is 2.82. The average molecular weight is 342 g/mol. The Balaban J connectivity index is 1.85. The predicted molar refractivity (Wildman–Crippen MR) is 71.6 cm³/mol. The summed E-state index contributed by atoms with van der Waals surface area (Å²) in [4.78, 5) is 15.7. The van der Waals surface area contributed by atoms with Gasteiger partial charge in [-0.1, -0.05) is 6.07 Å². The molecule has 0 unspecified atom stereocenters. The van der Waals surface area contributed by atoms with Crippen LogP contribution in [0, 0.1) is 3.57 Å². The number of hydrogen-bond donors (Lipinski definition) is 2. The normalized spacial score (nSPS) is 10.2. The highest BCUT2D eigenvalue weighted by atomic mass is 127. The molecule has 0 atom stereocenters. The third-order valence-corrected chi connectivity index (χ3v) is 2.87. The number of carbonyl (C=O) groups is 1. The van der Waals surface area contributed by atoms with Gasteiger partial charge >= 0.3 is 0 Å². The molecule has 88 valence electrons. The van der Waals surface area contributed by atoms with Gasteiger partial charge in [-0.2, -0.15) is 5.10 Å². The van der Waals surface area contributed by atoms with Crippen LogP contribution in [0.2, 0.25) is 0 Å². The van der Waals surface area contributed by atoms with Crippen LogP contribution in [0.3, 0.4) is 0 Å². The lowest BCUT2D eigenvalue weighted by molar-refractivity contribution is 0.0954. The fourth-order valence-electron chi connectivity index (χ4n) is 1.38. The minimum absolute atomic E-state index is 0.0666. The highest BCUT2D eigenvalue weighted by Gasteiger charge is 2.05. The lowest BCUT2D eigenvalue weighted by Crippen LogP contribution is -2.26. The number of nitrogens with zero attached hydrogens (tertiary/aromatic N) is 2. The van der Waals surface area contributed by atoms with E-state index < -0.39 is 0 Å². The molecule has 1 amide bonds. The number of carbonyl (C=O) groups excluding carboxylic acids is 1. The van der Waals surface area contributed by atoms with Crippen LogP contribution in [0.1, 0.15) is 16.2 Å². The monoisotopic (exact) mass is 342 g/mol. The molecule has 0 aliphatic heterocycles. The molecule has 0 fully saturated rings. The Morgan fingerprint density at radius 3 is 3.06 bits per heavy atom. The van der Waals surface area contributed by atoms with E-state index in [0.717, 1.165) is 9.39 Å². The van der Waals surface area contributed by atoms with Gasteiger partial charge in [-0.15, -0.1) is 0 Å². The summed E-state index contributed by atoms with van der Waals surface area (Å²) in [5.41, 5.74) is 0.675. The highest BCUT2D eigenvalue weighted by molar-refractivity contribution is 14.1. The summed E-state index contributed by atoms with van der Waals surface area (Å²) in [5, 5.41) is 9.32. The Hall–Kier alpha value is -1.44. The molecule has 17 heavy (non-hydrogen) atoms. The summed E-state index contributed by atoms with van der Waals surface area (Å²) < 4.78 is 1.05. The summed E-state index contributed by atoms with van der Waals surface area (Å²) in [5.74, 6) is 0.705. The number of aromatic nitrogens is 3. The van der Waals surface area contributed by atoms with E-state index in [1.807, 2.05) is 18.2 Å².